The van der Waals surface area contributed by atoms with Crippen molar-refractivity contribution in [3.63, 3.8) is 0 Å². The van der Waals surface area contributed by atoms with Crippen molar-refractivity contribution in [3.05, 3.63) is 29.6 Å². The van der Waals surface area contributed by atoms with Crippen LogP contribution in [0.4, 0.5) is 0 Å². The molecule has 112 valence electrons. The average Bonchev–Trinajstić information content (AvgIpc) is 2.52. The highest BCUT2D eigenvalue weighted by Crippen LogP contribution is 2.14. The van der Waals surface area contributed by atoms with E-state index in [1.165, 1.54) is 24.9 Å². The molecule has 1 aromatic rings. The van der Waals surface area contributed by atoms with Gasteiger partial charge in [0.05, 0.1) is 5.69 Å². The summed E-state index contributed by atoms with van der Waals surface area (Å²) in [4.78, 5) is 6.90. The number of aryl methyl sites for hydroxylation is 1. The first-order valence-corrected chi connectivity index (χ1v) is 7.79. The number of aliphatic hydroxyl groups excluding tert-OH is 1. The van der Waals surface area contributed by atoms with Crippen LogP contribution in [0.15, 0.2) is 18.3 Å². The van der Waals surface area contributed by atoms with Crippen LogP contribution in [0, 0.1) is 5.92 Å². The van der Waals surface area contributed by atoms with Gasteiger partial charge in [-0.1, -0.05) is 13.0 Å². The van der Waals surface area contributed by atoms with Crippen molar-refractivity contribution < 1.29 is 5.11 Å². The Morgan fingerprint density at radius 3 is 3.05 bits per heavy atom. The van der Waals surface area contributed by atoms with Crippen molar-refractivity contribution in [1.82, 2.24) is 15.2 Å². The van der Waals surface area contributed by atoms with E-state index < -0.39 is 0 Å². The molecule has 1 aromatic heterocycles. The number of hydrogen-bond acceptors (Lipinski definition) is 4. The molecule has 1 aliphatic rings. The molecule has 0 radical (unpaired) electrons. The third kappa shape index (κ3) is 4.85. The summed E-state index contributed by atoms with van der Waals surface area (Å²) in [5.74, 6) is 0.479. The van der Waals surface area contributed by atoms with Crippen LogP contribution in [0.25, 0.3) is 0 Å². The van der Waals surface area contributed by atoms with Crippen LogP contribution in [0.5, 0.6) is 0 Å². The molecule has 0 bridgehead atoms. The van der Waals surface area contributed by atoms with Crippen molar-refractivity contribution in [2.75, 3.05) is 32.8 Å². The Bertz CT molecular complexity index is 380. The Morgan fingerprint density at radius 1 is 1.45 bits per heavy atom. The van der Waals surface area contributed by atoms with Gasteiger partial charge < -0.3 is 15.3 Å². The second kappa shape index (κ2) is 8.35. The highest BCUT2D eigenvalue weighted by Gasteiger charge is 2.18. The number of aromatic nitrogens is 1. The van der Waals surface area contributed by atoms with Crippen molar-refractivity contribution >= 4 is 0 Å². The number of nitrogens with one attached hydrogen (secondary N) is 1. The quantitative estimate of drug-likeness (QED) is 0.740. The van der Waals surface area contributed by atoms with E-state index in [-0.39, 0.29) is 0 Å². The lowest BCUT2D eigenvalue weighted by atomic mass is 9.99. The standard InChI is InChI=1S/C16H27N3O/c1-2-14-5-6-16(18-10-14)11-17-7-9-19-8-3-4-15(12-19)13-20/h5-6,10,15,17,20H,2-4,7-9,11-13H2,1H3/t15-/m0/s1. The van der Waals surface area contributed by atoms with Gasteiger partial charge in [-0.3, -0.25) is 4.98 Å². The predicted molar refractivity (Wildman–Crippen MR) is 81.6 cm³/mol. The largest absolute Gasteiger partial charge is 0.396 e. The molecule has 1 saturated heterocycles. The van der Waals surface area contributed by atoms with Gasteiger partial charge in [-0.25, -0.2) is 0 Å². The summed E-state index contributed by atoms with van der Waals surface area (Å²) in [7, 11) is 0. The molecule has 4 nitrogen and oxygen atoms in total. The van der Waals surface area contributed by atoms with Crippen molar-refractivity contribution in [2.24, 2.45) is 5.92 Å². The zero-order chi connectivity index (χ0) is 14.2. The molecular weight excluding hydrogens is 250 g/mol. The van der Waals surface area contributed by atoms with Gasteiger partial charge in [0.1, 0.15) is 0 Å². The minimum atomic E-state index is 0.331. The van der Waals surface area contributed by atoms with Crippen LogP contribution in [0.2, 0.25) is 0 Å². The Kier molecular flexibility index (Phi) is 6.43. The van der Waals surface area contributed by atoms with Crippen LogP contribution >= 0.6 is 0 Å². The molecule has 0 aliphatic carbocycles. The lowest BCUT2D eigenvalue weighted by Crippen LogP contribution is -2.40. The average molecular weight is 277 g/mol. The molecular formula is C16H27N3O. The fourth-order valence-electron chi connectivity index (χ4n) is 2.73. The van der Waals surface area contributed by atoms with E-state index in [2.05, 4.69) is 34.3 Å². The summed E-state index contributed by atoms with van der Waals surface area (Å²) in [6, 6.07) is 4.26. The van der Waals surface area contributed by atoms with E-state index >= 15 is 0 Å². The summed E-state index contributed by atoms with van der Waals surface area (Å²) < 4.78 is 0. The van der Waals surface area contributed by atoms with Crippen LogP contribution < -0.4 is 5.32 Å². The lowest BCUT2D eigenvalue weighted by molar-refractivity contribution is 0.121. The van der Waals surface area contributed by atoms with Crippen LogP contribution in [-0.4, -0.2) is 47.8 Å². The first-order valence-electron chi connectivity index (χ1n) is 7.79. The summed E-state index contributed by atoms with van der Waals surface area (Å²) in [5.41, 5.74) is 2.39. The van der Waals surface area contributed by atoms with Gasteiger partial charge in [0.25, 0.3) is 0 Å². The minimum absolute atomic E-state index is 0.331. The summed E-state index contributed by atoms with van der Waals surface area (Å²) in [5, 5.41) is 12.7. The van der Waals surface area contributed by atoms with Gasteiger partial charge >= 0.3 is 0 Å². The van der Waals surface area contributed by atoms with Gasteiger partial charge in [0, 0.05) is 39.0 Å². The molecule has 0 unspecified atom stereocenters. The molecule has 2 heterocycles. The smallest absolute Gasteiger partial charge is 0.0541 e. The van der Waals surface area contributed by atoms with Gasteiger partial charge in [-0.15, -0.1) is 0 Å². The second-order valence-corrected chi connectivity index (χ2v) is 5.68. The number of hydrogen-bond donors (Lipinski definition) is 2. The number of piperidine rings is 1. The van der Waals surface area contributed by atoms with E-state index in [4.69, 9.17) is 0 Å². The Labute approximate surface area is 122 Å². The Balaban J connectivity index is 1.63. The fraction of sp³-hybridized carbons (Fsp3) is 0.688. The number of nitrogens with zero attached hydrogens (tertiary/aromatic N) is 2. The number of pyridine rings is 1. The summed E-state index contributed by atoms with van der Waals surface area (Å²) in [6.45, 7) is 7.56. The highest BCUT2D eigenvalue weighted by atomic mass is 16.3. The number of aliphatic hydroxyl groups is 1. The molecule has 0 amide bonds. The molecule has 0 saturated carbocycles. The summed E-state index contributed by atoms with van der Waals surface area (Å²) in [6.07, 6.45) is 5.40. The van der Waals surface area contributed by atoms with E-state index in [0.29, 0.717) is 12.5 Å². The maximum Gasteiger partial charge on any atom is 0.0541 e. The maximum absolute atomic E-state index is 9.22. The normalized spacial score (nSPS) is 20.2. The maximum atomic E-state index is 9.22. The molecule has 1 fully saturated rings. The third-order valence-corrected chi connectivity index (χ3v) is 4.07. The van der Waals surface area contributed by atoms with Crippen LogP contribution in [0.3, 0.4) is 0 Å². The minimum Gasteiger partial charge on any atom is -0.396 e. The van der Waals surface area contributed by atoms with E-state index in [1.54, 1.807) is 0 Å². The van der Waals surface area contributed by atoms with Crippen LogP contribution in [-0.2, 0) is 13.0 Å². The second-order valence-electron chi connectivity index (χ2n) is 5.68. The molecule has 20 heavy (non-hydrogen) atoms. The molecule has 1 aliphatic heterocycles. The van der Waals surface area contributed by atoms with Gasteiger partial charge in [-0.2, -0.15) is 0 Å². The topological polar surface area (TPSA) is 48.4 Å². The first kappa shape index (κ1) is 15.4. The van der Waals surface area contributed by atoms with Gasteiger partial charge in [0.2, 0.25) is 0 Å². The van der Waals surface area contributed by atoms with Crippen LogP contribution in [0.1, 0.15) is 31.0 Å². The van der Waals surface area contributed by atoms with E-state index in [9.17, 15) is 5.11 Å². The first-order chi connectivity index (χ1) is 9.81. The molecule has 4 heteroatoms. The van der Waals surface area contributed by atoms with E-state index in [0.717, 1.165) is 38.3 Å². The molecule has 0 aromatic carbocycles. The molecule has 1 atom stereocenters. The third-order valence-electron chi connectivity index (χ3n) is 4.07. The van der Waals surface area contributed by atoms with Crippen molar-refractivity contribution in [3.8, 4) is 0 Å². The zero-order valence-corrected chi connectivity index (χ0v) is 12.5. The highest BCUT2D eigenvalue weighted by molar-refractivity contribution is 5.13. The summed E-state index contributed by atoms with van der Waals surface area (Å²) >= 11 is 0. The Morgan fingerprint density at radius 2 is 2.35 bits per heavy atom. The predicted octanol–water partition coefficient (Wildman–Crippen LogP) is 1.44. The zero-order valence-electron chi connectivity index (χ0n) is 12.5. The molecule has 0 spiro atoms. The van der Waals surface area contributed by atoms with Gasteiger partial charge in [-0.05, 0) is 43.4 Å². The Hall–Kier alpha value is -0.970. The fourth-order valence-corrected chi connectivity index (χ4v) is 2.73. The SMILES string of the molecule is CCc1ccc(CNCCN2CCC[C@H](CO)C2)nc1. The van der Waals surface area contributed by atoms with E-state index in [1.807, 2.05) is 6.20 Å². The molecule has 2 N–H and O–H groups in total. The number of rotatable bonds is 7. The van der Waals surface area contributed by atoms with Crippen molar-refractivity contribution in [2.45, 2.75) is 32.7 Å². The monoisotopic (exact) mass is 277 g/mol. The van der Waals surface area contributed by atoms with Gasteiger partial charge in [0.15, 0.2) is 0 Å². The number of likely N-dealkylation sites (tertiary alicyclic amines) is 1. The van der Waals surface area contributed by atoms with Crippen molar-refractivity contribution in [1.29, 1.82) is 0 Å². The molecule has 2 rings (SSSR count). The lowest BCUT2D eigenvalue weighted by Gasteiger charge is -2.31.